The molecule has 0 unspecified atom stereocenters. The quantitative estimate of drug-likeness (QED) is 0.885. The van der Waals surface area contributed by atoms with Crippen molar-refractivity contribution in [1.82, 2.24) is 20.2 Å². The highest BCUT2D eigenvalue weighted by molar-refractivity contribution is 5.74. The van der Waals surface area contributed by atoms with Crippen LogP contribution in [0.25, 0.3) is 0 Å². The van der Waals surface area contributed by atoms with E-state index in [9.17, 15) is 4.79 Å². The number of hydrogen-bond acceptors (Lipinski definition) is 3. The van der Waals surface area contributed by atoms with Gasteiger partial charge in [0, 0.05) is 30.9 Å². The standard InChI is InChI=1S/C19H26N4O/c1-5-17(19(2,3)15-9-7-6-8-10-15)22-18(24)23(4)14-16-13-20-11-12-21-16/h6-13,17H,5,14H2,1-4H3,(H,22,24)/t17-/m1/s1. The van der Waals surface area contributed by atoms with Gasteiger partial charge >= 0.3 is 6.03 Å². The molecule has 5 heteroatoms. The summed E-state index contributed by atoms with van der Waals surface area (Å²) in [4.78, 5) is 22.4. The highest BCUT2D eigenvalue weighted by Crippen LogP contribution is 2.28. The normalized spacial score (nSPS) is 12.5. The number of carbonyl (C=O) groups excluding carboxylic acids is 1. The molecule has 1 N–H and O–H groups in total. The lowest BCUT2D eigenvalue weighted by atomic mass is 9.76. The Balaban J connectivity index is 2.05. The molecule has 0 bridgehead atoms. The molecule has 0 fully saturated rings. The average Bonchev–Trinajstić information content (AvgIpc) is 2.60. The van der Waals surface area contributed by atoms with Gasteiger partial charge in [0.1, 0.15) is 0 Å². The van der Waals surface area contributed by atoms with Gasteiger partial charge in [-0.3, -0.25) is 9.97 Å². The third-order valence-corrected chi connectivity index (χ3v) is 4.46. The molecule has 0 aliphatic heterocycles. The van der Waals surface area contributed by atoms with Gasteiger partial charge in [-0.1, -0.05) is 51.1 Å². The van der Waals surface area contributed by atoms with Crippen molar-refractivity contribution in [2.75, 3.05) is 7.05 Å². The van der Waals surface area contributed by atoms with Gasteiger partial charge in [-0.2, -0.15) is 0 Å². The number of carbonyl (C=O) groups is 1. The van der Waals surface area contributed by atoms with E-state index in [1.54, 1.807) is 30.5 Å². The van der Waals surface area contributed by atoms with Gasteiger partial charge in [-0.15, -0.1) is 0 Å². The zero-order valence-corrected chi connectivity index (χ0v) is 14.9. The maximum atomic E-state index is 12.6. The molecule has 0 saturated heterocycles. The minimum Gasteiger partial charge on any atom is -0.334 e. The number of aromatic nitrogens is 2. The molecule has 1 aromatic carbocycles. The minimum atomic E-state index is -0.154. The van der Waals surface area contributed by atoms with Crippen molar-refractivity contribution in [3.05, 3.63) is 60.2 Å². The first-order chi connectivity index (χ1) is 11.4. The molecule has 1 atom stereocenters. The molecule has 5 nitrogen and oxygen atoms in total. The number of hydrogen-bond donors (Lipinski definition) is 1. The summed E-state index contributed by atoms with van der Waals surface area (Å²) in [6.45, 7) is 6.86. The fourth-order valence-electron chi connectivity index (χ4n) is 2.85. The maximum absolute atomic E-state index is 12.6. The second kappa shape index (κ2) is 7.90. The van der Waals surface area contributed by atoms with Crippen molar-refractivity contribution in [2.45, 2.75) is 45.2 Å². The number of nitrogens with zero attached hydrogens (tertiary/aromatic N) is 3. The molecule has 1 aromatic heterocycles. The Kier molecular flexibility index (Phi) is 5.90. The highest BCUT2D eigenvalue weighted by atomic mass is 16.2. The summed E-state index contributed by atoms with van der Waals surface area (Å²) in [6.07, 6.45) is 5.79. The summed E-state index contributed by atoms with van der Waals surface area (Å²) in [7, 11) is 1.77. The third kappa shape index (κ3) is 4.31. The fourth-order valence-corrected chi connectivity index (χ4v) is 2.85. The topological polar surface area (TPSA) is 58.1 Å². The van der Waals surface area contributed by atoms with E-state index in [-0.39, 0.29) is 17.5 Å². The highest BCUT2D eigenvalue weighted by Gasteiger charge is 2.31. The van der Waals surface area contributed by atoms with Gasteiger partial charge in [-0.05, 0) is 12.0 Å². The van der Waals surface area contributed by atoms with E-state index in [1.165, 1.54) is 5.56 Å². The monoisotopic (exact) mass is 326 g/mol. The van der Waals surface area contributed by atoms with Crippen LogP contribution >= 0.6 is 0 Å². The van der Waals surface area contributed by atoms with Crippen LogP contribution in [0.2, 0.25) is 0 Å². The summed E-state index contributed by atoms with van der Waals surface area (Å²) in [5, 5.41) is 3.16. The molecule has 0 aliphatic rings. The SMILES string of the molecule is CC[C@@H](NC(=O)N(C)Cc1cnccn1)C(C)(C)c1ccccc1. The van der Waals surface area contributed by atoms with Crippen molar-refractivity contribution in [1.29, 1.82) is 0 Å². The first kappa shape index (κ1) is 17.9. The first-order valence-electron chi connectivity index (χ1n) is 8.27. The summed E-state index contributed by atoms with van der Waals surface area (Å²) in [6, 6.07) is 10.2. The van der Waals surface area contributed by atoms with Crippen LogP contribution in [0, 0.1) is 0 Å². The van der Waals surface area contributed by atoms with Crippen molar-refractivity contribution in [3.63, 3.8) is 0 Å². The molecule has 0 saturated carbocycles. The van der Waals surface area contributed by atoms with Crippen molar-refractivity contribution >= 4 is 6.03 Å². The first-order valence-corrected chi connectivity index (χ1v) is 8.27. The van der Waals surface area contributed by atoms with Gasteiger partial charge in [0.05, 0.1) is 18.4 Å². The molecule has 0 radical (unpaired) electrons. The Labute approximate surface area is 144 Å². The molecule has 128 valence electrons. The molecule has 0 spiro atoms. The Morgan fingerprint density at radius 3 is 2.54 bits per heavy atom. The molecular formula is C19H26N4O. The zero-order valence-electron chi connectivity index (χ0n) is 14.9. The molecule has 0 aliphatic carbocycles. The van der Waals surface area contributed by atoms with E-state index >= 15 is 0 Å². The summed E-state index contributed by atoms with van der Waals surface area (Å²) in [5.74, 6) is 0. The van der Waals surface area contributed by atoms with Crippen molar-refractivity contribution < 1.29 is 4.79 Å². The minimum absolute atomic E-state index is 0.0386. The van der Waals surface area contributed by atoms with Crippen LogP contribution < -0.4 is 5.32 Å². The lowest BCUT2D eigenvalue weighted by molar-refractivity contribution is 0.194. The predicted octanol–water partition coefficient (Wildman–Crippen LogP) is 3.37. The van der Waals surface area contributed by atoms with E-state index in [2.05, 4.69) is 48.2 Å². The smallest absolute Gasteiger partial charge is 0.317 e. The van der Waals surface area contributed by atoms with Crippen LogP contribution in [0.5, 0.6) is 0 Å². The van der Waals surface area contributed by atoms with Crippen molar-refractivity contribution in [2.24, 2.45) is 0 Å². The van der Waals surface area contributed by atoms with E-state index in [0.717, 1.165) is 12.1 Å². The lowest BCUT2D eigenvalue weighted by Gasteiger charge is -2.36. The number of amides is 2. The molecular weight excluding hydrogens is 300 g/mol. The summed E-state index contributed by atoms with van der Waals surface area (Å²) >= 11 is 0. The predicted molar refractivity (Wildman–Crippen MR) is 95.6 cm³/mol. The van der Waals surface area contributed by atoms with Crippen LogP contribution in [0.15, 0.2) is 48.9 Å². The van der Waals surface area contributed by atoms with Gasteiger partial charge in [0.15, 0.2) is 0 Å². The van der Waals surface area contributed by atoms with Crippen molar-refractivity contribution in [3.8, 4) is 0 Å². The largest absolute Gasteiger partial charge is 0.334 e. The Morgan fingerprint density at radius 1 is 1.25 bits per heavy atom. The van der Waals surface area contributed by atoms with Crippen LogP contribution in [0.4, 0.5) is 4.79 Å². The molecule has 24 heavy (non-hydrogen) atoms. The second-order valence-electron chi connectivity index (χ2n) is 6.55. The Bertz CT molecular complexity index is 643. The molecule has 2 aromatic rings. The number of benzene rings is 1. The van der Waals surface area contributed by atoms with Crippen LogP contribution in [0.3, 0.4) is 0 Å². The second-order valence-corrected chi connectivity index (χ2v) is 6.55. The maximum Gasteiger partial charge on any atom is 0.317 e. The number of nitrogens with one attached hydrogen (secondary N) is 1. The Hall–Kier alpha value is -2.43. The average molecular weight is 326 g/mol. The summed E-state index contributed by atoms with van der Waals surface area (Å²) in [5.41, 5.74) is 1.83. The van der Waals surface area contributed by atoms with E-state index in [4.69, 9.17) is 0 Å². The number of urea groups is 1. The number of rotatable bonds is 6. The van der Waals surface area contributed by atoms with E-state index in [0.29, 0.717) is 6.54 Å². The molecule has 1 heterocycles. The van der Waals surface area contributed by atoms with Crippen LogP contribution in [0.1, 0.15) is 38.4 Å². The lowest BCUT2D eigenvalue weighted by Crippen LogP contribution is -2.50. The van der Waals surface area contributed by atoms with E-state index in [1.807, 2.05) is 18.2 Å². The van der Waals surface area contributed by atoms with Crippen LogP contribution in [-0.4, -0.2) is 34.0 Å². The molecule has 2 amide bonds. The fraction of sp³-hybridized carbons (Fsp3) is 0.421. The summed E-state index contributed by atoms with van der Waals surface area (Å²) < 4.78 is 0. The zero-order chi connectivity index (χ0) is 17.6. The van der Waals surface area contributed by atoms with Gasteiger partial charge in [0.2, 0.25) is 0 Å². The molecule has 2 rings (SSSR count). The van der Waals surface area contributed by atoms with Gasteiger partial charge in [-0.25, -0.2) is 4.79 Å². The third-order valence-electron chi connectivity index (χ3n) is 4.46. The van der Waals surface area contributed by atoms with Gasteiger partial charge < -0.3 is 10.2 Å². The van der Waals surface area contributed by atoms with E-state index < -0.39 is 0 Å². The Morgan fingerprint density at radius 2 is 1.96 bits per heavy atom. The van der Waals surface area contributed by atoms with Gasteiger partial charge in [0.25, 0.3) is 0 Å². The van der Waals surface area contributed by atoms with Crippen LogP contribution in [-0.2, 0) is 12.0 Å².